The molecule has 1 aromatic heterocycles. The van der Waals surface area contributed by atoms with Crippen LogP contribution in [0.15, 0.2) is 57.2 Å². The summed E-state index contributed by atoms with van der Waals surface area (Å²) < 4.78 is 6.05. The summed E-state index contributed by atoms with van der Waals surface area (Å²) in [6, 6.07) is 11.3. The lowest BCUT2D eigenvalue weighted by Crippen LogP contribution is -2.32. The number of fused-ring (bicyclic) bond motifs is 1. The Balaban J connectivity index is 2.04. The molecule has 0 amide bonds. The summed E-state index contributed by atoms with van der Waals surface area (Å²) in [6.07, 6.45) is 1.35. The Morgan fingerprint density at radius 3 is 2.83 bits per heavy atom. The lowest BCUT2D eigenvalue weighted by atomic mass is 10.2. The van der Waals surface area contributed by atoms with Gasteiger partial charge in [-0.15, -0.1) is 4.68 Å². The molecule has 1 heterocycles. The molecule has 0 aliphatic heterocycles. The van der Waals surface area contributed by atoms with E-state index in [2.05, 4.69) is 10.1 Å². The van der Waals surface area contributed by atoms with Crippen LogP contribution in [0.25, 0.3) is 10.9 Å². The van der Waals surface area contributed by atoms with E-state index in [9.17, 15) is 14.7 Å². The van der Waals surface area contributed by atoms with Crippen LogP contribution in [0.1, 0.15) is 12.5 Å². The maximum Gasteiger partial charge on any atom is 0.349 e. The highest BCUT2D eigenvalue weighted by Gasteiger charge is 2.06. The number of para-hydroxylation sites is 1. The zero-order chi connectivity index (χ0) is 17.1. The zero-order valence-corrected chi connectivity index (χ0v) is 12.9. The summed E-state index contributed by atoms with van der Waals surface area (Å²) in [5, 5.41) is 14.0. The Morgan fingerprint density at radius 1 is 1.25 bits per heavy atom. The predicted molar refractivity (Wildman–Crippen MR) is 91.1 cm³/mol. The van der Waals surface area contributed by atoms with E-state index in [1.807, 2.05) is 0 Å². The molecule has 0 radical (unpaired) electrons. The average Bonchev–Trinajstić information content (AvgIpc) is 2.57. The molecule has 122 valence electrons. The van der Waals surface area contributed by atoms with Gasteiger partial charge in [-0.3, -0.25) is 4.79 Å². The first-order valence-electron chi connectivity index (χ1n) is 7.34. The van der Waals surface area contributed by atoms with Crippen LogP contribution in [0, 0.1) is 0 Å². The van der Waals surface area contributed by atoms with Crippen molar-refractivity contribution in [3.8, 4) is 11.5 Å². The number of aromatic nitrogens is 2. The van der Waals surface area contributed by atoms with Crippen molar-refractivity contribution in [1.29, 1.82) is 0 Å². The van der Waals surface area contributed by atoms with Gasteiger partial charge in [0.1, 0.15) is 0 Å². The number of nitrogens with zero attached hydrogens (tertiary/aromatic N) is 2. The molecule has 2 aromatic carbocycles. The van der Waals surface area contributed by atoms with Gasteiger partial charge in [0, 0.05) is 0 Å². The predicted octanol–water partition coefficient (Wildman–Crippen LogP) is 1.68. The van der Waals surface area contributed by atoms with Crippen LogP contribution in [0.3, 0.4) is 0 Å². The number of H-pyrrole nitrogens is 1. The van der Waals surface area contributed by atoms with Crippen LogP contribution < -0.4 is 16.0 Å². The highest BCUT2D eigenvalue weighted by molar-refractivity contribution is 5.81. The number of hydrogen-bond acceptors (Lipinski definition) is 5. The van der Waals surface area contributed by atoms with Crippen molar-refractivity contribution in [2.45, 2.75) is 6.92 Å². The normalized spacial score (nSPS) is 11.2. The molecule has 24 heavy (non-hydrogen) atoms. The molecule has 0 aliphatic carbocycles. The van der Waals surface area contributed by atoms with E-state index < -0.39 is 11.2 Å². The monoisotopic (exact) mass is 325 g/mol. The molecule has 0 fully saturated rings. The number of aromatic hydroxyl groups is 1. The number of rotatable bonds is 4. The Bertz CT molecular complexity index is 1030. The Labute approximate surface area is 136 Å². The number of ether oxygens (including phenoxy) is 1. The summed E-state index contributed by atoms with van der Waals surface area (Å²) >= 11 is 0. The fourth-order valence-corrected chi connectivity index (χ4v) is 2.26. The van der Waals surface area contributed by atoms with Gasteiger partial charge in [-0.2, -0.15) is 5.10 Å². The molecule has 0 bridgehead atoms. The van der Waals surface area contributed by atoms with Crippen molar-refractivity contribution in [2.24, 2.45) is 5.10 Å². The maximum atomic E-state index is 12.4. The second-order valence-corrected chi connectivity index (χ2v) is 5.00. The summed E-state index contributed by atoms with van der Waals surface area (Å²) in [6.45, 7) is 2.20. The minimum absolute atomic E-state index is 0.00900. The molecule has 0 unspecified atom stereocenters. The topological polar surface area (TPSA) is 96.7 Å². The van der Waals surface area contributed by atoms with E-state index in [-0.39, 0.29) is 5.75 Å². The number of phenolic OH excluding ortho intramolecular Hbond substituents is 1. The third kappa shape index (κ3) is 2.91. The third-order valence-electron chi connectivity index (χ3n) is 3.39. The van der Waals surface area contributed by atoms with Crippen molar-refractivity contribution < 1.29 is 9.84 Å². The van der Waals surface area contributed by atoms with Gasteiger partial charge >= 0.3 is 5.69 Å². The first-order chi connectivity index (χ1) is 11.6. The Hall–Kier alpha value is -3.35. The van der Waals surface area contributed by atoms with E-state index in [0.29, 0.717) is 28.8 Å². The lowest BCUT2D eigenvalue weighted by Gasteiger charge is -2.06. The van der Waals surface area contributed by atoms with Crippen molar-refractivity contribution in [1.82, 2.24) is 9.66 Å². The number of nitrogens with one attached hydrogen (secondary N) is 1. The van der Waals surface area contributed by atoms with Crippen LogP contribution in [0.5, 0.6) is 11.5 Å². The minimum Gasteiger partial charge on any atom is -0.504 e. The van der Waals surface area contributed by atoms with Crippen LogP contribution in [-0.2, 0) is 0 Å². The van der Waals surface area contributed by atoms with E-state index in [4.69, 9.17) is 4.74 Å². The Kier molecular flexibility index (Phi) is 4.15. The third-order valence-corrected chi connectivity index (χ3v) is 3.39. The minimum atomic E-state index is -0.626. The summed E-state index contributed by atoms with van der Waals surface area (Å²) in [4.78, 5) is 27.0. The first kappa shape index (κ1) is 15.5. The van der Waals surface area contributed by atoms with Crippen LogP contribution in [0.2, 0.25) is 0 Å². The Morgan fingerprint density at radius 2 is 2.04 bits per heavy atom. The van der Waals surface area contributed by atoms with Gasteiger partial charge in [0.25, 0.3) is 5.56 Å². The molecule has 0 atom stereocenters. The fraction of sp³-hybridized carbons (Fsp3) is 0.118. The fourth-order valence-electron chi connectivity index (χ4n) is 2.26. The SMILES string of the molecule is CCOc1cc(C=Nn2c(=O)[nH]c3ccccc3c2=O)ccc1O. The van der Waals surface area contributed by atoms with Crippen molar-refractivity contribution in [2.75, 3.05) is 6.61 Å². The van der Waals surface area contributed by atoms with Gasteiger partial charge in [0.2, 0.25) is 0 Å². The second-order valence-electron chi connectivity index (χ2n) is 5.00. The number of hydrogen-bond donors (Lipinski definition) is 2. The van der Waals surface area contributed by atoms with Gasteiger partial charge in [-0.05, 0) is 42.8 Å². The average molecular weight is 325 g/mol. The molecular formula is C17H15N3O4. The first-order valence-corrected chi connectivity index (χ1v) is 7.34. The molecule has 0 saturated heterocycles. The van der Waals surface area contributed by atoms with Crippen molar-refractivity contribution in [3.05, 3.63) is 68.9 Å². The number of benzene rings is 2. The molecule has 0 spiro atoms. The standard InChI is InChI=1S/C17H15N3O4/c1-2-24-15-9-11(7-8-14(15)21)10-18-20-16(22)12-5-3-4-6-13(12)19-17(20)23/h3-10,21H,2H2,1H3,(H,19,23). The largest absolute Gasteiger partial charge is 0.504 e. The van der Waals surface area contributed by atoms with Gasteiger partial charge in [0.05, 0.1) is 23.7 Å². The van der Waals surface area contributed by atoms with Crippen LogP contribution >= 0.6 is 0 Å². The molecular weight excluding hydrogens is 310 g/mol. The molecule has 0 saturated carbocycles. The summed E-state index contributed by atoms with van der Waals surface area (Å²) in [5.74, 6) is 0.316. The van der Waals surface area contributed by atoms with Gasteiger partial charge < -0.3 is 14.8 Å². The van der Waals surface area contributed by atoms with Gasteiger partial charge in [0.15, 0.2) is 11.5 Å². The van der Waals surface area contributed by atoms with Crippen LogP contribution in [0.4, 0.5) is 0 Å². The van der Waals surface area contributed by atoms with E-state index in [0.717, 1.165) is 4.68 Å². The number of phenols is 1. The zero-order valence-electron chi connectivity index (χ0n) is 12.9. The molecule has 2 N–H and O–H groups in total. The molecule has 3 aromatic rings. The summed E-state index contributed by atoms with van der Waals surface area (Å²) in [5.41, 5.74) is -0.0916. The smallest absolute Gasteiger partial charge is 0.349 e. The molecule has 3 rings (SSSR count). The van der Waals surface area contributed by atoms with E-state index in [1.165, 1.54) is 12.3 Å². The van der Waals surface area contributed by atoms with Crippen molar-refractivity contribution in [3.63, 3.8) is 0 Å². The highest BCUT2D eigenvalue weighted by atomic mass is 16.5. The molecule has 7 heteroatoms. The van der Waals surface area contributed by atoms with Gasteiger partial charge in [-0.25, -0.2) is 4.79 Å². The number of aromatic amines is 1. The summed E-state index contributed by atoms with van der Waals surface area (Å²) in [7, 11) is 0. The van der Waals surface area contributed by atoms with Crippen molar-refractivity contribution >= 4 is 17.1 Å². The van der Waals surface area contributed by atoms with E-state index in [1.54, 1.807) is 43.3 Å². The maximum absolute atomic E-state index is 12.4. The quantitative estimate of drug-likeness (QED) is 0.713. The molecule has 7 nitrogen and oxygen atoms in total. The lowest BCUT2D eigenvalue weighted by molar-refractivity contribution is 0.318. The van der Waals surface area contributed by atoms with Crippen LogP contribution in [-0.4, -0.2) is 27.6 Å². The van der Waals surface area contributed by atoms with Gasteiger partial charge in [-0.1, -0.05) is 12.1 Å². The second kappa shape index (κ2) is 6.41. The molecule has 0 aliphatic rings. The van der Waals surface area contributed by atoms with E-state index >= 15 is 0 Å². The highest BCUT2D eigenvalue weighted by Crippen LogP contribution is 2.26.